The normalized spacial score (nSPS) is 11.0. The first-order chi connectivity index (χ1) is 10.3. The molecule has 0 fully saturated rings. The van der Waals surface area contributed by atoms with E-state index in [4.69, 9.17) is 4.42 Å². The third-order valence-corrected chi connectivity index (χ3v) is 3.06. The number of nitrogens with one attached hydrogen (secondary N) is 2. The summed E-state index contributed by atoms with van der Waals surface area (Å²) in [5.41, 5.74) is 0.358. The van der Waals surface area contributed by atoms with Crippen LogP contribution in [0.2, 0.25) is 0 Å². The largest absolute Gasteiger partial charge is 0.433 e. The number of hydrogen-bond donors (Lipinski definition) is 2. The summed E-state index contributed by atoms with van der Waals surface area (Å²) in [5.74, 6) is -1.57. The number of hydrogen-bond acceptors (Lipinski definition) is 6. The fourth-order valence-corrected chi connectivity index (χ4v) is 2.19. The molecule has 10 heteroatoms. The molecule has 0 bridgehead atoms. The summed E-state index contributed by atoms with van der Waals surface area (Å²) in [6.45, 7) is 0. The van der Waals surface area contributed by atoms with Crippen LogP contribution >= 0.6 is 0 Å². The van der Waals surface area contributed by atoms with E-state index in [1.807, 2.05) is 0 Å². The Morgan fingerprint density at radius 3 is 2.36 bits per heavy atom. The summed E-state index contributed by atoms with van der Waals surface area (Å²) in [7, 11) is -3.52. The molecular weight excluding hydrogens is 314 g/mol. The molecule has 2 rings (SSSR count). The number of benzene rings is 1. The topological polar surface area (TPSA) is 132 Å². The molecule has 0 aliphatic heterocycles. The van der Waals surface area contributed by atoms with Crippen molar-refractivity contribution < 1.29 is 22.6 Å². The van der Waals surface area contributed by atoms with Crippen LogP contribution in [-0.4, -0.2) is 25.5 Å². The molecule has 0 spiro atoms. The molecule has 2 N–H and O–H groups in total. The van der Waals surface area contributed by atoms with E-state index in [9.17, 15) is 23.3 Å². The monoisotopic (exact) mass is 325 g/mol. The minimum atomic E-state index is -3.52. The summed E-state index contributed by atoms with van der Waals surface area (Å²) in [6.07, 6.45) is 0.974. The van der Waals surface area contributed by atoms with Gasteiger partial charge < -0.3 is 9.73 Å². The zero-order valence-corrected chi connectivity index (χ0v) is 12.1. The lowest BCUT2D eigenvalue weighted by Gasteiger charge is -2.10. The molecule has 1 heterocycles. The molecule has 1 aromatic carbocycles. The van der Waals surface area contributed by atoms with Crippen LogP contribution < -0.4 is 10.0 Å². The molecule has 0 saturated carbocycles. The summed E-state index contributed by atoms with van der Waals surface area (Å²) < 4.78 is 29.6. The van der Waals surface area contributed by atoms with Crippen LogP contribution in [0.25, 0.3) is 0 Å². The van der Waals surface area contributed by atoms with E-state index in [2.05, 4.69) is 10.0 Å². The number of rotatable bonds is 5. The van der Waals surface area contributed by atoms with Crippen LogP contribution in [-0.2, 0) is 10.0 Å². The molecule has 22 heavy (non-hydrogen) atoms. The maximum absolute atomic E-state index is 12.0. The Balaban J connectivity index is 2.23. The third kappa shape index (κ3) is 3.82. The van der Waals surface area contributed by atoms with Crippen molar-refractivity contribution >= 4 is 33.2 Å². The van der Waals surface area contributed by atoms with E-state index in [1.54, 1.807) is 12.1 Å². The zero-order chi connectivity index (χ0) is 16.3. The van der Waals surface area contributed by atoms with Gasteiger partial charge in [-0.2, -0.15) is 0 Å². The van der Waals surface area contributed by atoms with Gasteiger partial charge in [-0.25, -0.2) is 8.42 Å². The minimum Gasteiger partial charge on any atom is -0.395 e. The predicted molar refractivity (Wildman–Crippen MR) is 78.2 cm³/mol. The number of nitro groups is 1. The van der Waals surface area contributed by atoms with Gasteiger partial charge in [0.05, 0.1) is 23.7 Å². The number of carbonyl (C=O) groups excluding carboxylic acids is 1. The van der Waals surface area contributed by atoms with Crippen molar-refractivity contribution in [1.29, 1.82) is 0 Å². The predicted octanol–water partition coefficient (Wildman–Crippen LogP) is 1.81. The summed E-state index contributed by atoms with van der Waals surface area (Å²) >= 11 is 0. The molecule has 0 aliphatic rings. The molecule has 2 aromatic rings. The Kier molecular flexibility index (Phi) is 4.13. The second-order valence-electron chi connectivity index (χ2n) is 4.27. The van der Waals surface area contributed by atoms with Gasteiger partial charge >= 0.3 is 5.88 Å². The van der Waals surface area contributed by atoms with Crippen LogP contribution in [0, 0.1) is 10.1 Å². The zero-order valence-electron chi connectivity index (χ0n) is 11.3. The van der Waals surface area contributed by atoms with E-state index >= 15 is 0 Å². The molecule has 0 radical (unpaired) electrons. The first-order valence-electron chi connectivity index (χ1n) is 5.88. The quantitative estimate of drug-likeness (QED) is 0.636. The van der Waals surface area contributed by atoms with Gasteiger partial charge in [0.15, 0.2) is 5.76 Å². The van der Waals surface area contributed by atoms with Crippen LogP contribution in [0.5, 0.6) is 0 Å². The van der Waals surface area contributed by atoms with Gasteiger partial charge in [-0.15, -0.1) is 0 Å². The fourth-order valence-electron chi connectivity index (χ4n) is 1.61. The van der Waals surface area contributed by atoms with Gasteiger partial charge in [-0.1, -0.05) is 12.1 Å². The maximum Gasteiger partial charge on any atom is 0.433 e. The second-order valence-corrected chi connectivity index (χ2v) is 6.02. The molecule has 0 saturated heterocycles. The average Bonchev–Trinajstić information content (AvgIpc) is 2.89. The Labute approximate surface area is 125 Å². The number of sulfonamides is 1. The number of amides is 1. The molecule has 1 aromatic heterocycles. The van der Waals surface area contributed by atoms with Crippen LogP contribution in [0.15, 0.2) is 40.8 Å². The van der Waals surface area contributed by atoms with Gasteiger partial charge in [0.25, 0.3) is 5.91 Å². The molecule has 0 aliphatic carbocycles. The SMILES string of the molecule is CS(=O)(=O)Nc1ccccc1NC(=O)c1ccc([N+](=O)[O-])o1. The summed E-state index contributed by atoms with van der Waals surface area (Å²) in [6, 6.07) is 8.31. The Hall–Kier alpha value is -2.88. The second kappa shape index (κ2) is 5.85. The Bertz CT molecular complexity index is 827. The van der Waals surface area contributed by atoms with Crippen molar-refractivity contribution in [3.05, 3.63) is 52.3 Å². The van der Waals surface area contributed by atoms with Crippen molar-refractivity contribution in [2.75, 3.05) is 16.3 Å². The molecule has 0 unspecified atom stereocenters. The highest BCUT2D eigenvalue weighted by Gasteiger charge is 2.18. The van der Waals surface area contributed by atoms with Crippen LogP contribution in [0.3, 0.4) is 0 Å². The fraction of sp³-hybridized carbons (Fsp3) is 0.0833. The van der Waals surface area contributed by atoms with E-state index in [1.165, 1.54) is 12.1 Å². The Morgan fingerprint density at radius 1 is 1.18 bits per heavy atom. The number of anilines is 2. The van der Waals surface area contributed by atoms with Gasteiger partial charge in [0.1, 0.15) is 4.92 Å². The smallest absolute Gasteiger partial charge is 0.395 e. The van der Waals surface area contributed by atoms with Crippen LogP contribution in [0.4, 0.5) is 17.3 Å². The standard InChI is InChI=1S/C12H11N3O6S/c1-22(19,20)14-9-5-3-2-4-8(9)13-12(16)10-6-7-11(21-10)15(17)18/h2-7,14H,1H3,(H,13,16). The lowest BCUT2D eigenvalue weighted by molar-refractivity contribution is -0.402. The van der Waals surface area contributed by atoms with Crippen molar-refractivity contribution in [3.63, 3.8) is 0 Å². The van der Waals surface area contributed by atoms with E-state index in [0.717, 1.165) is 18.4 Å². The van der Waals surface area contributed by atoms with Crippen LogP contribution in [0.1, 0.15) is 10.6 Å². The Morgan fingerprint density at radius 2 is 1.82 bits per heavy atom. The number of furan rings is 1. The van der Waals surface area contributed by atoms with Crippen molar-refractivity contribution in [2.45, 2.75) is 0 Å². The molecule has 9 nitrogen and oxygen atoms in total. The lowest BCUT2D eigenvalue weighted by atomic mass is 10.2. The highest BCUT2D eigenvalue weighted by atomic mass is 32.2. The molecule has 0 atom stereocenters. The van der Waals surface area contributed by atoms with E-state index in [-0.39, 0.29) is 17.1 Å². The number of carbonyl (C=O) groups is 1. The van der Waals surface area contributed by atoms with E-state index in [0.29, 0.717) is 0 Å². The first-order valence-corrected chi connectivity index (χ1v) is 7.78. The van der Waals surface area contributed by atoms with Crippen molar-refractivity contribution in [3.8, 4) is 0 Å². The summed E-state index contributed by atoms with van der Waals surface area (Å²) in [4.78, 5) is 21.7. The highest BCUT2D eigenvalue weighted by molar-refractivity contribution is 7.92. The average molecular weight is 325 g/mol. The van der Waals surface area contributed by atoms with Gasteiger partial charge in [-0.05, 0) is 18.2 Å². The first kappa shape index (κ1) is 15.5. The van der Waals surface area contributed by atoms with E-state index < -0.39 is 26.7 Å². The van der Waals surface area contributed by atoms with Crippen molar-refractivity contribution in [1.82, 2.24) is 0 Å². The van der Waals surface area contributed by atoms with Gasteiger partial charge in [0, 0.05) is 0 Å². The maximum atomic E-state index is 12.0. The highest BCUT2D eigenvalue weighted by Crippen LogP contribution is 2.23. The van der Waals surface area contributed by atoms with Gasteiger partial charge in [0.2, 0.25) is 10.0 Å². The number of nitrogens with zero attached hydrogens (tertiary/aromatic N) is 1. The van der Waals surface area contributed by atoms with Crippen molar-refractivity contribution in [2.24, 2.45) is 0 Å². The third-order valence-electron chi connectivity index (χ3n) is 2.47. The molecule has 1 amide bonds. The molecule has 116 valence electrons. The molecular formula is C12H11N3O6S. The summed E-state index contributed by atoms with van der Waals surface area (Å²) in [5, 5.41) is 12.9. The number of para-hydroxylation sites is 2. The van der Waals surface area contributed by atoms with Gasteiger partial charge in [-0.3, -0.25) is 19.6 Å². The lowest BCUT2D eigenvalue weighted by Crippen LogP contribution is -2.15. The minimum absolute atomic E-state index is 0.166.